The summed E-state index contributed by atoms with van der Waals surface area (Å²) in [5.74, 6) is 0. The molecule has 30 valence electrons. The van der Waals surface area contributed by atoms with Gasteiger partial charge in [-0.05, 0) is 0 Å². The molecule has 0 amide bonds. The molecular formula is HCl3OZn. The van der Waals surface area contributed by atoms with Gasteiger partial charge in [-0.15, -0.1) is 0 Å². The fourth-order valence-electron chi connectivity index (χ4n) is 0. The van der Waals surface area contributed by atoms with E-state index < -0.39 is 0 Å². The third kappa shape index (κ3) is 30.8. The molecule has 0 unspecified atom stereocenters. The number of hydrogen-bond acceptors (Lipinski definition) is 1. The van der Waals surface area contributed by atoms with Crippen LogP contribution in [0.2, 0.25) is 0 Å². The van der Waals surface area contributed by atoms with Gasteiger partial charge >= 0.3 is 19.5 Å². The molecule has 0 aliphatic rings. The molecule has 0 aromatic carbocycles. The van der Waals surface area contributed by atoms with Crippen LogP contribution in [0.4, 0.5) is 0 Å². The average Bonchev–Trinajstić information content (AvgIpc) is 1.00. The largest absolute Gasteiger partial charge is 2.00 e. The Bertz CT molecular complexity index is 6.85. The van der Waals surface area contributed by atoms with Gasteiger partial charge in [0.1, 0.15) is 0 Å². The Morgan fingerprint density at radius 1 is 1.00 bits per heavy atom. The molecule has 0 fully saturated rings. The summed E-state index contributed by atoms with van der Waals surface area (Å²) in [5.41, 5.74) is 0. The second kappa shape index (κ2) is 51.2. The molecule has 0 spiro atoms. The van der Waals surface area contributed by atoms with Gasteiger partial charge in [0.25, 0.3) is 0 Å². The van der Waals surface area contributed by atoms with Crippen molar-refractivity contribution in [3.05, 3.63) is 0 Å². The van der Waals surface area contributed by atoms with Gasteiger partial charge in [-0.3, -0.25) is 4.66 Å². The van der Waals surface area contributed by atoms with E-state index >= 15 is 0 Å². The van der Waals surface area contributed by atoms with Crippen molar-refractivity contribution < 1.29 is 49.0 Å². The Morgan fingerprint density at radius 2 is 1.00 bits per heavy atom. The van der Waals surface area contributed by atoms with E-state index in [0.29, 0.717) is 0 Å². The first kappa shape index (κ1) is 31.9. The topological polar surface area (TPSA) is 20.2 Å². The van der Waals surface area contributed by atoms with Crippen molar-refractivity contribution >= 4 is 11.9 Å². The van der Waals surface area contributed by atoms with Gasteiger partial charge in [0.05, 0.1) is 11.9 Å². The van der Waals surface area contributed by atoms with Crippen LogP contribution in [-0.4, -0.2) is 4.66 Å². The van der Waals surface area contributed by atoms with Crippen LogP contribution in [0.25, 0.3) is 0 Å². The Kier molecular flexibility index (Phi) is 327. The zero-order valence-electron chi connectivity index (χ0n) is 2.29. The van der Waals surface area contributed by atoms with Gasteiger partial charge < -0.3 is 24.8 Å². The Labute approximate surface area is 60.8 Å². The molecule has 1 N–H and O–H groups in total. The second-order valence-corrected chi connectivity index (χ2v) is 0. The molecule has 0 bridgehead atoms. The summed E-state index contributed by atoms with van der Waals surface area (Å²) in [6, 6.07) is 0. The summed E-state index contributed by atoms with van der Waals surface area (Å²) in [6.45, 7) is 0. The molecule has 0 atom stereocenters. The fraction of sp³-hybridized carbons (Fsp3) is 0. The van der Waals surface area contributed by atoms with Crippen LogP contribution >= 0.6 is 11.9 Å². The van der Waals surface area contributed by atoms with Crippen molar-refractivity contribution in [2.45, 2.75) is 0 Å². The first-order valence-corrected chi connectivity index (χ1v) is 0.507. The minimum Gasteiger partial charge on any atom is -1.00 e. The molecular weight excluding hydrogens is 188 g/mol. The summed E-state index contributed by atoms with van der Waals surface area (Å²) in [7, 11) is 0. The van der Waals surface area contributed by atoms with Crippen LogP contribution in [0.1, 0.15) is 0 Å². The SMILES string of the molecule is OCl.[Cl-].[Cl-].[Zn+2]. The molecule has 0 aromatic heterocycles. The van der Waals surface area contributed by atoms with E-state index in [0.717, 1.165) is 0 Å². The quantitative estimate of drug-likeness (QED) is 0.376. The molecule has 0 rings (SSSR count). The molecule has 5 heteroatoms. The van der Waals surface area contributed by atoms with E-state index in [2.05, 4.69) is 11.9 Å². The van der Waals surface area contributed by atoms with Crippen LogP contribution in [0.3, 0.4) is 0 Å². The molecule has 0 radical (unpaired) electrons. The molecule has 0 aromatic rings. The van der Waals surface area contributed by atoms with Crippen LogP contribution in [0, 0.1) is 0 Å². The van der Waals surface area contributed by atoms with Crippen molar-refractivity contribution in [2.24, 2.45) is 0 Å². The summed E-state index contributed by atoms with van der Waals surface area (Å²) in [6.07, 6.45) is 0. The summed E-state index contributed by atoms with van der Waals surface area (Å²) in [4.78, 5) is 0. The minimum atomic E-state index is 0. The number of halogens is 3. The molecule has 0 aliphatic heterocycles. The first-order chi connectivity index (χ1) is 1.00. The van der Waals surface area contributed by atoms with Gasteiger partial charge in [0.15, 0.2) is 0 Å². The average molecular weight is 189 g/mol. The van der Waals surface area contributed by atoms with Crippen molar-refractivity contribution in [1.82, 2.24) is 0 Å². The maximum atomic E-state index is 6.47. The summed E-state index contributed by atoms with van der Waals surface area (Å²) in [5, 5.41) is 0. The van der Waals surface area contributed by atoms with Gasteiger partial charge in [0.2, 0.25) is 0 Å². The van der Waals surface area contributed by atoms with Crippen LogP contribution in [0.5, 0.6) is 0 Å². The van der Waals surface area contributed by atoms with Crippen molar-refractivity contribution in [1.29, 1.82) is 0 Å². The molecule has 0 heterocycles. The van der Waals surface area contributed by atoms with Gasteiger partial charge in [0, 0.05) is 0 Å². The maximum Gasteiger partial charge on any atom is 2.00 e. The Morgan fingerprint density at radius 3 is 1.00 bits per heavy atom. The van der Waals surface area contributed by atoms with Crippen molar-refractivity contribution in [3.8, 4) is 0 Å². The number of hydrogen-bond donors (Lipinski definition) is 1. The van der Waals surface area contributed by atoms with E-state index in [9.17, 15) is 0 Å². The molecule has 0 saturated heterocycles. The Hall–Kier alpha value is 1.45. The van der Waals surface area contributed by atoms with E-state index in [-0.39, 0.29) is 44.3 Å². The Balaban J connectivity index is -0.00000000167. The predicted molar refractivity (Wildman–Crippen MR) is 8.07 cm³/mol. The molecule has 5 heavy (non-hydrogen) atoms. The fourth-order valence-corrected chi connectivity index (χ4v) is 0. The normalized spacial score (nSPS) is 1.20. The van der Waals surface area contributed by atoms with Crippen LogP contribution < -0.4 is 24.8 Å². The second-order valence-electron chi connectivity index (χ2n) is 0. The van der Waals surface area contributed by atoms with E-state index in [1.165, 1.54) is 0 Å². The zero-order chi connectivity index (χ0) is 2.00. The van der Waals surface area contributed by atoms with Gasteiger partial charge in [-0.1, -0.05) is 0 Å². The van der Waals surface area contributed by atoms with E-state index in [4.69, 9.17) is 4.66 Å². The van der Waals surface area contributed by atoms with Crippen LogP contribution in [-0.2, 0) is 19.5 Å². The molecule has 0 aliphatic carbocycles. The van der Waals surface area contributed by atoms with E-state index in [1.54, 1.807) is 0 Å². The monoisotopic (exact) mass is 186 g/mol. The van der Waals surface area contributed by atoms with Crippen LogP contribution in [0.15, 0.2) is 0 Å². The van der Waals surface area contributed by atoms with E-state index in [1.807, 2.05) is 0 Å². The van der Waals surface area contributed by atoms with Gasteiger partial charge in [-0.25, -0.2) is 0 Å². The van der Waals surface area contributed by atoms with Gasteiger partial charge in [-0.2, -0.15) is 0 Å². The van der Waals surface area contributed by atoms with Crippen molar-refractivity contribution in [3.63, 3.8) is 0 Å². The summed E-state index contributed by atoms with van der Waals surface area (Å²) < 4.78 is 6.47. The minimum absolute atomic E-state index is 0. The molecule has 0 saturated carbocycles. The summed E-state index contributed by atoms with van der Waals surface area (Å²) >= 11 is 3.64. The number of rotatable bonds is 0. The van der Waals surface area contributed by atoms with Crippen molar-refractivity contribution in [2.75, 3.05) is 0 Å². The third-order valence-corrected chi connectivity index (χ3v) is 0. The predicted octanol–water partition coefficient (Wildman–Crippen LogP) is -5.86. The standard InChI is InChI=1S/ClHO.2ClH.Zn/c1-2;;;/h2H;2*1H;/q;;;+2/p-2. The smallest absolute Gasteiger partial charge is 1.00 e. The maximum absolute atomic E-state index is 6.47. The zero-order valence-corrected chi connectivity index (χ0v) is 7.52. The molecule has 1 nitrogen and oxygen atoms in total. The third-order valence-electron chi connectivity index (χ3n) is 0. The first-order valence-electron chi connectivity index (χ1n) is 0.169.